The third-order valence-electron chi connectivity index (χ3n) is 5.71. The van der Waals surface area contributed by atoms with Gasteiger partial charge >= 0.3 is 5.63 Å². The number of benzene rings is 2. The monoisotopic (exact) mass is 457 g/mol. The number of sulfonamides is 1. The van der Waals surface area contributed by atoms with Gasteiger partial charge in [0, 0.05) is 50.2 Å². The van der Waals surface area contributed by atoms with Crippen LogP contribution in [0.2, 0.25) is 0 Å². The lowest BCUT2D eigenvalue weighted by Gasteiger charge is -2.34. The number of aryl methyl sites for hydroxylation is 1. The fourth-order valence-electron chi connectivity index (χ4n) is 3.96. The molecular weight excluding hydrogens is 434 g/mol. The fraction of sp³-hybridized carbons (Fsp3) is 0.318. The van der Waals surface area contributed by atoms with Crippen LogP contribution >= 0.6 is 0 Å². The van der Waals surface area contributed by atoms with E-state index in [4.69, 9.17) is 4.42 Å². The van der Waals surface area contributed by atoms with Crippen LogP contribution in [0.1, 0.15) is 18.1 Å². The molecule has 0 unspecified atom stereocenters. The average Bonchev–Trinajstić information content (AvgIpc) is 2.78. The zero-order valence-corrected chi connectivity index (χ0v) is 18.4. The number of fused-ring (bicyclic) bond motifs is 1. The molecule has 32 heavy (non-hydrogen) atoms. The van der Waals surface area contributed by atoms with Crippen LogP contribution < -0.4 is 5.63 Å². The Morgan fingerprint density at radius 3 is 2.47 bits per heavy atom. The zero-order valence-electron chi connectivity index (χ0n) is 17.6. The number of nitrogens with zero attached hydrogens (tertiary/aromatic N) is 3. The number of hydrogen-bond donors (Lipinski definition) is 0. The van der Waals surface area contributed by atoms with E-state index in [1.807, 2.05) is 25.1 Å². The van der Waals surface area contributed by atoms with Gasteiger partial charge in [-0.05, 0) is 29.7 Å². The molecular formula is C22H23N3O6S. The predicted octanol–water partition coefficient (Wildman–Crippen LogP) is 2.77. The van der Waals surface area contributed by atoms with Gasteiger partial charge in [-0.25, -0.2) is 13.2 Å². The van der Waals surface area contributed by atoms with Crippen LogP contribution in [0.15, 0.2) is 62.6 Å². The topological polar surface area (TPSA) is 114 Å². The first kappa shape index (κ1) is 22.1. The van der Waals surface area contributed by atoms with Gasteiger partial charge in [0.1, 0.15) is 5.58 Å². The second kappa shape index (κ2) is 8.81. The largest absolute Gasteiger partial charge is 0.423 e. The number of piperazine rings is 1. The minimum absolute atomic E-state index is 0.202. The lowest BCUT2D eigenvalue weighted by Crippen LogP contribution is -2.48. The van der Waals surface area contributed by atoms with Gasteiger partial charge < -0.3 is 4.42 Å². The number of nitro groups is 1. The van der Waals surface area contributed by atoms with Crippen molar-refractivity contribution in [3.05, 3.63) is 80.2 Å². The summed E-state index contributed by atoms with van der Waals surface area (Å²) in [6.07, 6.45) is 0.833. The molecule has 2 heterocycles. The normalized spacial score (nSPS) is 15.8. The van der Waals surface area contributed by atoms with E-state index >= 15 is 0 Å². The molecule has 0 amide bonds. The molecule has 2 aromatic carbocycles. The van der Waals surface area contributed by atoms with Crippen molar-refractivity contribution in [2.75, 3.05) is 26.2 Å². The SMILES string of the molecule is CCc1ccc2c(CN3CCN(S(=O)(=O)c4ccccc4[N+](=O)[O-])CC3)cc(=O)oc2c1. The molecule has 0 bridgehead atoms. The summed E-state index contributed by atoms with van der Waals surface area (Å²) in [5.74, 6) is 0. The summed E-state index contributed by atoms with van der Waals surface area (Å²) in [5, 5.41) is 12.1. The van der Waals surface area contributed by atoms with E-state index in [9.17, 15) is 23.3 Å². The zero-order chi connectivity index (χ0) is 22.9. The summed E-state index contributed by atoms with van der Waals surface area (Å²) in [5.41, 5.74) is 1.60. The summed E-state index contributed by atoms with van der Waals surface area (Å²) in [6.45, 7) is 3.79. The van der Waals surface area contributed by atoms with Crippen molar-refractivity contribution >= 4 is 26.7 Å². The van der Waals surface area contributed by atoms with Gasteiger partial charge in [0.05, 0.1) is 4.92 Å². The first-order valence-corrected chi connectivity index (χ1v) is 11.7. The third kappa shape index (κ3) is 4.29. The number of hydrogen-bond acceptors (Lipinski definition) is 7. The van der Waals surface area contributed by atoms with E-state index < -0.39 is 26.3 Å². The van der Waals surface area contributed by atoms with E-state index in [1.54, 1.807) is 0 Å². The predicted molar refractivity (Wildman–Crippen MR) is 119 cm³/mol. The molecule has 4 rings (SSSR count). The lowest BCUT2D eigenvalue weighted by atomic mass is 10.1. The summed E-state index contributed by atoms with van der Waals surface area (Å²) >= 11 is 0. The van der Waals surface area contributed by atoms with Gasteiger partial charge in [0.15, 0.2) is 4.90 Å². The molecule has 0 atom stereocenters. The number of rotatable bonds is 6. The molecule has 0 spiro atoms. The van der Waals surface area contributed by atoms with Gasteiger partial charge in [0.2, 0.25) is 10.0 Å². The molecule has 1 aliphatic heterocycles. The van der Waals surface area contributed by atoms with Crippen LogP contribution in [-0.4, -0.2) is 48.7 Å². The van der Waals surface area contributed by atoms with Crippen molar-refractivity contribution in [2.24, 2.45) is 0 Å². The molecule has 1 aromatic heterocycles. The van der Waals surface area contributed by atoms with Crippen LogP contribution in [0.5, 0.6) is 0 Å². The van der Waals surface area contributed by atoms with Gasteiger partial charge in [-0.3, -0.25) is 15.0 Å². The van der Waals surface area contributed by atoms with Crippen LogP contribution in [0, 0.1) is 10.1 Å². The summed E-state index contributed by atoms with van der Waals surface area (Å²) in [4.78, 5) is 24.4. The van der Waals surface area contributed by atoms with Gasteiger partial charge in [-0.15, -0.1) is 0 Å². The molecule has 0 saturated carbocycles. The Kier molecular flexibility index (Phi) is 6.09. The summed E-state index contributed by atoms with van der Waals surface area (Å²) in [6, 6.07) is 12.7. The van der Waals surface area contributed by atoms with Crippen molar-refractivity contribution in [3.8, 4) is 0 Å². The molecule has 1 saturated heterocycles. The maximum absolute atomic E-state index is 13.0. The molecule has 1 aliphatic rings. The maximum Gasteiger partial charge on any atom is 0.336 e. The van der Waals surface area contributed by atoms with Crippen LogP contribution in [0.25, 0.3) is 11.0 Å². The third-order valence-corrected chi connectivity index (χ3v) is 7.65. The molecule has 0 N–H and O–H groups in total. The highest BCUT2D eigenvalue weighted by atomic mass is 32.2. The number of para-hydroxylation sites is 1. The lowest BCUT2D eigenvalue weighted by molar-refractivity contribution is -0.387. The molecule has 9 nitrogen and oxygen atoms in total. The Morgan fingerprint density at radius 2 is 1.78 bits per heavy atom. The highest BCUT2D eigenvalue weighted by Crippen LogP contribution is 2.27. The van der Waals surface area contributed by atoms with Gasteiger partial charge in [-0.1, -0.05) is 31.2 Å². The second-order valence-corrected chi connectivity index (χ2v) is 9.59. The summed E-state index contributed by atoms with van der Waals surface area (Å²) < 4.78 is 32.6. The van der Waals surface area contributed by atoms with E-state index in [0.29, 0.717) is 25.2 Å². The van der Waals surface area contributed by atoms with Crippen molar-refractivity contribution in [2.45, 2.75) is 24.8 Å². The van der Waals surface area contributed by atoms with E-state index in [-0.39, 0.29) is 18.0 Å². The Bertz CT molecular complexity index is 1330. The van der Waals surface area contributed by atoms with Crippen LogP contribution in [0.4, 0.5) is 5.69 Å². The molecule has 1 fully saturated rings. The number of nitro benzene ring substituents is 1. The Morgan fingerprint density at radius 1 is 1.06 bits per heavy atom. The minimum Gasteiger partial charge on any atom is -0.423 e. The average molecular weight is 458 g/mol. The van der Waals surface area contributed by atoms with Crippen molar-refractivity contribution in [3.63, 3.8) is 0 Å². The van der Waals surface area contributed by atoms with Gasteiger partial charge in [0.25, 0.3) is 5.69 Å². The Hall–Kier alpha value is -3.08. The first-order valence-electron chi connectivity index (χ1n) is 10.3. The van der Waals surface area contributed by atoms with Gasteiger partial charge in [-0.2, -0.15) is 4.31 Å². The van der Waals surface area contributed by atoms with Crippen molar-refractivity contribution < 1.29 is 17.8 Å². The highest BCUT2D eigenvalue weighted by Gasteiger charge is 2.33. The minimum atomic E-state index is -3.98. The smallest absolute Gasteiger partial charge is 0.336 e. The van der Waals surface area contributed by atoms with E-state index in [1.165, 1.54) is 34.6 Å². The Balaban J connectivity index is 1.52. The molecule has 0 radical (unpaired) electrons. The Labute approximate surface area is 185 Å². The maximum atomic E-state index is 13.0. The molecule has 0 aliphatic carbocycles. The first-order chi connectivity index (χ1) is 15.3. The van der Waals surface area contributed by atoms with Crippen LogP contribution in [-0.2, 0) is 23.0 Å². The highest BCUT2D eigenvalue weighted by molar-refractivity contribution is 7.89. The molecule has 3 aromatic rings. The standard InChI is InChI=1S/C22H23N3O6S/c1-2-16-7-8-18-17(14-22(26)31-20(18)13-16)15-23-9-11-24(12-10-23)32(29,30)21-6-4-3-5-19(21)25(27)28/h3-8,13-14H,2,9-12,15H2,1H3. The van der Waals surface area contributed by atoms with Crippen molar-refractivity contribution in [1.82, 2.24) is 9.21 Å². The van der Waals surface area contributed by atoms with Crippen molar-refractivity contribution in [1.29, 1.82) is 0 Å². The van der Waals surface area contributed by atoms with E-state index in [0.717, 1.165) is 22.9 Å². The fourth-order valence-corrected chi connectivity index (χ4v) is 5.54. The molecule has 10 heteroatoms. The second-order valence-electron chi connectivity index (χ2n) is 7.68. The summed E-state index contributed by atoms with van der Waals surface area (Å²) in [7, 11) is -3.98. The van der Waals surface area contributed by atoms with Crippen LogP contribution in [0.3, 0.4) is 0 Å². The quantitative estimate of drug-likeness (QED) is 0.318. The van der Waals surface area contributed by atoms with E-state index in [2.05, 4.69) is 4.90 Å². The molecule has 168 valence electrons.